The lowest BCUT2D eigenvalue weighted by atomic mass is 10.0. The van der Waals surface area contributed by atoms with Crippen molar-refractivity contribution in [3.05, 3.63) is 17.8 Å². The highest BCUT2D eigenvalue weighted by atomic mass is 16.2. The highest BCUT2D eigenvalue weighted by Gasteiger charge is 2.21. The van der Waals surface area contributed by atoms with E-state index in [0.717, 1.165) is 44.8 Å². The summed E-state index contributed by atoms with van der Waals surface area (Å²) in [5.74, 6) is 1.64. The summed E-state index contributed by atoms with van der Waals surface area (Å²) in [6, 6.07) is 3.80. The van der Waals surface area contributed by atoms with Gasteiger partial charge in [-0.15, -0.1) is 10.2 Å². The van der Waals surface area contributed by atoms with Crippen LogP contribution in [0.2, 0.25) is 0 Å². The van der Waals surface area contributed by atoms with Gasteiger partial charge in [-0.3, -0.25) is 4.79 Å². The molecule has 0 saturated carbocycles. The Morgan fingerprint density at radius 3 is 2.45 bits per heavy atom. The molecule has 22 heavy (non-hydrogen) atoms. The van der Waals surface area contributed by atoms with Crippen LogP contribution in [-0.4, -0.2) is 47.2 Å². The second kappa shape index (κ2) is 7.07. The number of likely N-dealkylation sites (tertiary alicyclic amines) is 1. The van der Waals surface area contributed by atoms with Gasteiger partial charge in [0.25, 0.3) is 5.91 Å². The first-order valence-corrected chi connectivity index (χ1v) is 8.62. The van der Waals surface area contributed by atoms with E-state index >= 15 is 0 Å². The molecule has 1 aromatic heterocycles. The van der Waals surface area contributed by atoms with Crippen LogP contribution in [0.5, 0.6) is 0 Å². The van der Waals surface area contributed by atoms with Crippen molar-refractivity contribution in [1.29, 1.82) is 0 Å². The van der Waals surface area contributed by atoms with Crippen LogP contribution in [0.1, 0.15) is 55.9 Å². The van der Waals surface area contributed by atoms with Crippen LogP contribution in [-0.2, 0) is 0 Å². The van der Waals surface area contributed by atoms with E-state index in [2.05, 4.69) is 22.0 Å². The molecule has 1 atom stereocenters. The zero-order valence-electron chi connectivity index (χ0n) is 13.5. The summed E-state index contributed by atoms with van der Waals surface area (Å²) in [6.45, 7) is 6.06. The van der Waals surface area contributed by atoms with Crippen molar-refractivity contribution in [2.45, 2.75) is 45.4 Å². The van der Waals surface area contributed by atoms with Gasteiger partial charge in [0.15, 0.2) is 11.5 Å². The average Bonchev–Trinajstić information content (AvgIpc) is 2.84. The zero-order chi connectivity index (χ0) is 15.4. The predicted octanol–water partition coefficient (Wildman–Crippen LogP) is 2.73. The van der Waals surface area contributed by atoms with Crippen LogP contribution in [0.15, 0.2) is 12.1 Å². The molecular weight excluding hydrogens is 276 g/mol. The molecule has 3 rings (SSSR count). The molecule has 1 amide bonds. The van der Waals surface area contributed by atoms with Gasteiger partial charge >= 0.3 is 0 Å². The molecule has 2 aliphatic rings. The van der Waals surface area contributed by atoms with Crippen LogP contribution in [0.25, 0.3) is 0 Å². The quantitative estimate of drug-likeness (QED) is 0.843. The molecule has 0 N–H and O–H groups in total. The van der Waals surface area contributed by atoms with Crippen LogP contribution >= 0.6 is 0 Å². The molecular formula is C17H26N4O. The fourth-order valence-electron chi connectivity index (χ4n) is 3.44. The standard InChI is InChI=1S/C17H26N4O/c1-14-7-6-12-21(13-14)16-9-8-15(18-19-16)17(22)20-10-4-2-3-5-11-20/h8-9,14H,2-7,10-13H2,1H3. The second-order valence-corrected chi connectivity index (χ2v) is 6.68. The van der Waals surface area contributed by atoms with Crippen molar-refractivity contribution in [3.8, 4) is 0 Å². The van der Waals surface area contributed by atoms with Gasteiger partial charge in [-0.05, 0) is 43.7 Å². The third-order valence-corrected chi connectivity index (χ3v) is 4.74. The molecule has 2 saturated heterocycles. The molecule has 0 radical (unpaired) electrons. The van der Waals surface area contributed by atoms with Gasteiger partial charge < -0.3 is 9.80 Å². The van der Waals surface area contributed by atoms with Gasteiger partial charge in [0, 0.05) is 26.2 Å². The molecule has 3 heterocycles. The highest BCUT2D eigenvalue weighted by Crippen LogP contribution is 2.21. The minimum absolute atomic E-state index is 0.0352. The normalized spacial score (nSPS) is 23.2. The lowest BCUT2D eigenvalue weighted by Gasteiger charge is -2.31. The van der Waals surface area contributed by atoms with Crippen molar-refractivity contribution in [3.63, 3.8) is 0 Å². The fourth-order valence-corrected chi connectivity index (χ4v) is 3.44. The molecule has 120 valence electrons. The fraction of sp³-hybridized carbons (Fsp3) is 0.706. The third kappa shape index (κ3) is 3.57. The molecule has 1 unspecified atom stereocenters. The van der Waals surface area contributed by atoms with Crippen molar-refractivity contribution in [2.24, 2.45) is 5.92 Å². The largest absolute Gasteiger partial charge is 0.355 e. The van der Waals surface area contributed by atoms with Crippen LogP contribution < -0.4 is 4.90 Å². The number of rotatable bonds is 2. The van der Waals surface area contributed by atoms with E-state index in [1.54, 1.807) is 0 Å². The second-order valence-electron chi connectivity index (χ2n) is 6.68. The van der Waals surface area contributed by atoms with E-state index in [-0.39, 0.29) is 5.91 Å². The van der Waals surface area contributed by atoms with E-state index in [9.17, 15) is 4.79 Å². The maximum atomic E-state index is 12.5. The van der Waals surface area contributed by atoms with Gasteiger partial charge in [-0.25, -0.2) is 0 Å². The highest BCUT2D eigenvalue weighted by molar-refractivity contribution is 5.92. The lowest BCUT2D eigenvalue weighted by molar-refractivity contribution is 0.0754. The van der Waals surface area contributed by atoms with E-state index in [0.29, 0.717) is 11.6 Å². The molecule has 5 heteroatoms. The number of anilines is 1. The molecule has 0 spiro atoms. The van der Waals surface area contributed by atoms with E-state index in [1.165, 1.54) is 25.7 Å². The van der Waals surface area contributed by atoms with E-state index < -0.39 is 0 Å². The Morgan fingerprint density at radius 1 is 1.05 bits per heavy atom. The Hall–Kier alpha value is -1.65. The van der Waals surface area contributed by atoms with Gasteiger partial charge in [0.05, 0.1) is 0 Å². The summed E-state index contributed by atoms with van der Waals surface area (Å²) in [6.07, 6.45) is 7.14. The van der Waals surface area contributed by atoms with Crippen molar-refractivity contribution >= 4 is 11.7 Å². The van der Waals surface area contributed by atoms with Gasteiger partial charge in [0.2, 0.25) is 0 Å². The Kier molecular flexibility index (Phi) is 4.90. The number of nitrogens with zero attached hydrogens (tertiary/aromatic N) is 4. The van der Waals surface area contributed by atoms with Crippen molar-refractivity contribution in [2.75, 3.05) is 31.1 Å². The Bertz CT molecular complexity index is 494. The minimum atomic E-state index is 0.0352. The maximum absolute atomic E-state index is 12.5. The topological polar surface area (TPSA) is 49.3 Å². The number of carbonyl (C=O) groups excluding carboxylic acids is 1. The summed E-state index contributed by atoms with van der Waals surface area (Å²) >= 11 is 0. The van der Waals surface area contributed by atoms with E-state index in [1.807, 2.05) is 17.0 Å². The molecule has 5 nitrogen and oxygen atoms in total. The number of piperidine rings is 1. The van der Waals surface area contributed by atoms with Crippen LogP contribution in [0.3, 0.4) is 0 Å². The van der Waals surface area contributed by atoms with Gasteiger partial charge in [-0.1, -0.05) is 19.8 Å². The molecule has 2 fully saturated rings. The summed E-state index contributed by atoms with van der Waals surface area (Å²) in [4.78, 5) is 16.7. The van der Waals surface area contributed by atoms with Crippen LogP contribution in [0, 0.1) is 5.92 Å². The number of hydrogen-bond donors (Lipinski definition) is 0. The minimum Gasteiger partial charge on any atom is -0.355 e. The molecule has 0 aliphatic carbocycles. The summed E-state index contributed by atoms with van der Waals surface area (Å²) in [7, 11) is 0. The van der Waals surface area contributed by atoms with Gasteiger partial charge in [0.1, 0.15) is 0 Å². The lowest BCUT2D eigenvalue weighted by Crippen LogP contribution is -2.35. The monoisotopic (exact) mass is 302 g/mol. The van der Waals surface area contributed by atoms with Gasteiger partial charge in [-0.2, -0.15) is 0 Å². The Balaban J connectivity index is 1.66. The third-order valence-electron chi connectivity index (χ3n) is 4.74. The SMILES string of the molecule is CC1CCCN(c2ccc(C(=O)N3CCCCCC3)nn2)C1. The first kappa shape index (κ1) is 15.3. The number of aromatic nitrogens is 2. The first-order valence-electron chi connectivity index (χ1n) is 8.62. The van der Waals surface area contributed by atoms with Crippen molar-refractivity contribution < 1.29 is 4.79 Å². The number of hydrogen-bond acceptors (Lipinski definition) is 4. The number of carbonyl (C=O) groups is 1. The zero-order valence-corrected chi connectivity index (χ0v) is 13.5. The summed E-state index contributed by atoms with van der Waals surface area (Å²) in [5, 5.41) is 8.51. The number of amides is 1. The van der Waals surface area contributed by atoms with E-state index in [4.69, 9.17) is 0 Å². The first-order chi connectivity index (χ1) is 10.7. The maximum Gasteiger partial charge on any atom is 0.274 e. The predicted molar refractivity (Wildman–Crippen MR) is 87.0 cm³/mol. The average molecular weight is 302 g/mol. The Labute approximate surface area is 132 Å². The smallest absolute Gasteiger partial charge is 0.274 e. The molecule has 2 aliphatic heterocycles. The molecule has 0 aromatic carbocycles. The molecule has 1 aromatic rings. The van der Waals surface area contributed by atoms with Crippen molar-refractivity contribution in [1.82, 2.24) is 15.1 Å². The van der Waals surface area contributed by atoms with Crippen LogP contribution in [0.4, 0.5) is 5.82 Å². The summed E-state index contributed by atoms with van der Waals surface area (Å²) < 4.78 is 0. The summed E-state index contributed by atoms with van der Waals surface area (Å²) in [5.41, 5.74) is 0.482. The Morgan fingerprint density at radius 2 is 1.82 bits per heavy atom. The molecule has 0 bridgehead atoms.